The monoisotopic (exact) mass is 588 g/mol. The van der Waals surface area contributed by atoms with E-state index in [1.165, 1.54) is 32.8 Å². The molecule has 0 unspecified atom stereocenters. The second kappa shape index (κ2) is 10.0. The third-order valence-electron chi connectivity index (χ3n) is 9.96. The second-order valence-electron chi connectivity index (χ2n) is 14.4. The minimum atomic E-state index is -0.248. The van der Waals surface area contributed by atoms with E-state index in [2.05, 4.69) is 99.5 Å². The van der Waals surface area contributed by atoms with E-state index in [0.29, 0.717) is 11.3 Å². The second-order valence-corrected chi connectivity index (χ2v) is 15.2. The molecule has 0 amide bonds. The number of phenolic OH excluding ortho intramolecular Hbond substituents is 1. The predicted molar refractivity (Wildman–Crippen MR) is 178 cm³/mol. The zero-order chi connectivity index (χ0) is 30.1. The molecule has 1 heterocycles. The van der Waals surface area contributed by atoms with Crippen LogP contribution < -0.4 is 4.90 Å². The maximum atomic E-state index is 11.8. The predicted octanol–water partition coefficient (Wildman–Crippen LogP) is 9.15. The van der Waals surface area contributed by atoms with Gasteiger partial charge in [-0.15, -0.1) is 11.8 Å². The van der Waals surface area contributed by atoms with Crippen molar-refractivity contribution in [1.29, 1.82) is 5.26 Å². The highest BCUT2D eigenvalue weighted by atomic mass is 32.2. The summed E-state index contributed by atoms with van der Waals surface area (Å²) in [7, 11) is 0. The van der Waals surface area contributed by atoms with Gasteiger partial charge in [-0.2, -0.15) is 5.26 Å². The summed E-state index contributed by atoms with van der Waals surface area (Å²) in [4.78, 5) is 3.57. The fourth-order valence-electron chi connectivity index (χ4n) is 9.04. The number of phenols is 1. The summed E-state index contributed by atoms with van der Waals surface area (Å²) in [5, 5.41) is 23.6. The molecule has 1 aliphatic heterocycles. The molecule has 7 rings (SSSR count). The van der Waals surface area contributed by atoms with E-state index in [1.54, 1.807) is 11.8 Å². The first-order chi connectivity index (χ1) is 20.5. The molecular formula is C38H40N2O2S. The quantitative estimate of drug-likeness (QED) is 0.242. The standard InChI is InChI=1S/C38H40N2O2S/c1-36(2)21-37(3,4)23-38(22-36)31-16-24(20-39)6-11-27(31)35-30-18-34(43-5)28(17-29(30)33(41)19-32(35)38)25-7-9-26(10-8-25)40-12-14-42-15-13-40/h6-11,16-19,41H,12-15,21-23H2,1-5H3. The summed E-state index contributed by atoms with van der Waals surface area (Å²) in [6.45, 7) is 12.9. The molecule has 0 atom stereocenters. The number of aromatic hydroxyl groups is 1. The number of rotatable bonds is 3. The van der Waals surface area contributed by atoms with Gasteiger partial charge in [0.2, 0.25) is 0 Å². The zero-order valence-corrected chi connectivity index (χ0v) is 26.7. The van der Waals surface area contributed by atoms with E-state index in [-0.39, 0.29) is 16.2 Å². The molecular weight excluding hydrogens is 548 g/mol. The normalized spacial score (nSPS) is 19.7. The first-order valence-corrected chi connectivity index (χ1v) is 16.6. The van der Waals surface area contributed by atoms with Gasteiger partial charge >= 0.3 is 0 Å². The molecule has 5 heteroatoms. The fourth-order valence-corrected chi connectivity index (χ4v) is 9.67. The molecule has 4 aromatic carbocycles. The average molecular weight is 589 g/mol. The number of ether oxygens (including phenoxy) is 1. The number of hydrogen-bond donors (Lipinski definition) is 1. The van der Waals surface area contributed by atoms with Crippen LogP contribution in [0.4, 0.5) is 5.69 Å². The van der Waals surface area contributed by atoms with Crippen molar-refractivity contribution in [3.63, 3.8) is 0 Å². The van der Waals surface area contributed by atoms with E-state index >= 15 is 0 Å². The van der Waals surface area contributed by atoms with E-state index in [0.717, 1.165) is 67.5 Å². The van der Waals surface area contributed by atoms with Gasteiger partial charge in [0.1, 0.15) is 5.75 Å². The molecule has 1 spiro atoms. The summed E-state index contributed by atoms with van der Waals surface area (Å²) in [6, 6.07) is 24.0. The van der Waals surface area contributed by atoms with Crippen LogP contribution in [0.3, 0.4) is 0 Å². The van der Waals surface area contributed by atoms with Crippen molar-refractivity contribution in [2.24, 2.45) is 10.8 Å². The van der Waals surface area contributed by atoms with Crippen LogP contribution in [0.5, 0.6) is 5.75 Å². The number of fused-ring (bicyclic) bond motifs is 7. The van der Waals surface area contributed by atoms with E-state index < -0.39 is 0 Å². The minimum absolute atomic E-state index is 0.121. The van der Waals surface area contributed by atoms with Crippen LogP contribution in [0.15, 0.2) is 65.6 Å². The van der Waals surface area contributed by atoms with Gasteiger partial charge in [0.25, 0.3) is 0 Å². The maximum Gasteiger partial charge on any atom is 0.123 e. The first-order valence-electron chi connectivity index (χ1n) is 15.4. The molecule has 2 aliphatic carbocycles. The largest absolute Gasteiger partial charge is 0.507 e. The Bertz CT molecular complexity index is 1780. The van der Waals surface area contributed by atoms with E-state index in [1.807, 2.05) is 6.07 Å². The third kappa shape index (κ3) is 4.62. The van der Waals surface area contributed by atoms with Crippen molar-refractivity contribution in [2.45, 2.75) is 57.3 Å². The number of nitriles is 1. The molecule has 220 valence electrons. The molecule has 0 bridgehead atoms. The summed E-state index contributed by atoms with van der Waals surface area (Å²) in [6.07, 6.45) is 5.27. The zero-order valence-electron chi connectivity index (χ0n) is 25.9. The van der Waals surface area contributed by atoms with Crippen molar-refractivity contribution < 1.29 is 9.84 Å². The summed E-state index contributed by atoms with van der Waals surface area (Å²) in [5.41, 5.74) is 9.11. The lowest BCUT2D eigenvalue weighted by Crippen LogP contribution is -2.43. The number of benzene rings is 4. The highest BCUT2D eigenvalue weighted by molar-refractivity contribution is 7.98. The molecule has 43 heavy (non-hydrogen) atoms. The first kappa shape index (κ1) is 28.3. The van der Waals surface area contributed by atoms with E-state index in [9.17, 15) is 10.4 Å². The lowest BCUT2D eigenvalue weighted by atomic mass is 9.52. The number of morpholine rings is 1. The van der Waals surface area contributed by atoms with Gasteiger partial charge in [0.05, 0.1) is 24.8 Å². The Hall–Kier alpha value is -3.46. The van der Waals surface area contributed by atoms with Crippen LogP contribution in [0.2, 0.25) is 0 Å². The molecule has 2 fully saturated rings. The van der Waals surface area contributed by atoms with Crippen LogP contribution >= 0.6 is 11.8 Å². The lowest BCUT2D eigenvalue weighted by molar-refractivity contribution is 0.0645. The van der Waals surface area contributed by atoms with Crippen LogP contribution in [-0.4, -0.2) is 37.7 Å². The van der Waals surface area contributed by atoms with Crippen molar-refractivity contribution >= 4 is 28.2 Å². The SMILES string of the molecule is CSc1cc2c3c(cc(O)c2cc1-c1ccc(N2CCOCC2)cc1)C1(CC(C)(C)CC(C)(C)C1)c1cc(C#N)ccc1-3. The molecule has 4 nitrogen and oxygen atoms in total. The third-order valence-corrected chi connectivity index (χ3v) is 10.7. The van der Waals surface area contributed by atoms with Gasteiger partial charge in [-0.25, -0.2) is 0 Å². The van der Waals surface area contributed by atoms with Crippen LogP contribution in [0.1, 0.15) is 63.6 Å². The number of hydrogen-bond acceptors (Lipinski definition) is 5. The number of thioether (sulfide) groups is 1. The van der Waals surface area contributed by atoms with Crippen LogP contribution in [0.25, 0.3) is 33.0 Å². The van der Waals surface area contributed by atoms with Gasteiger partial charge in [-0.05, 0) is 118 Å². The molecule has 4 aromatic rings. The van der Waals surface area contributed by atoms with Crippen molar-refractivity contribution in [3.05, 3.63) is 77.4 Å². The Balaban J connectivity index is 1.43. The summed E-state index contributed by atoms with van der Waals surface area (Å²) < 4.78 is 5.54. The topological polar surface area (TPSA) is 56.5 Å². The van der Waals surface area contributed by atoms with Crippen molar-refractivity contribution in [2.75, 3.05) is 37.5 Å². The fraction of sp³-hybridized carbons (Fsp3) is 0.395. The maximum absolute atomic E-state index is 11.8. The number of nitrogens with zero attached hydrogens (tertiary/aromatic N) is 2. The Morgan fingerprint density at radius 2 is 1.51 bits per heavy atom. The van der Waals surface area contributed by atoms with Gasteiger partial charge < -0.3 is 14.7 Å². The van der Waals surface area contributed by atoms with Crippen molar-refractivity contribution in [3.8, 4) is 34.1 Å². The lowest BCUT2D eigenvalue weighted by Gasteiger charge is -2.51. The molecule has 0 aromatic heterocycles. The van der Waals surface area contributed by atoms with Gasteiger partial charge in [-0.3, -0.25) is 0 Å². The smallest absolute Gasteiger partial charge is 0.123 e. The Kier molecular flexibility index (Phi) is 6.61. The molecule has 1 saturated heterocycles. The Labute approximate surface area is 259 Å². The van der Waals surface area contributed by atoms with E-state index in [4.69, 9.17) is 4.74 Å². The molecule has 0 radical (unpaired) electrons. The van der Waals surface area contributed by atoms with Crippen LogP contribution in [0, 0.1) is 22.2 Å². The number of anilines is 1. The van der Waals surface area contributed by atoms with Crippen LogP contribution in [-0.2, 0) is 10.2 Å². The summed E-state index contributed by atoms with van der Waals surface area (Å²) >= 11 is 1.75. The average Bonchev–Trinajstić information content (AvgIpc) is 3.22. The Morgan fingerprint density at radius 1 is 0.814 bits per heavy atom. The Morgan fingerprint density at radius 3 is 2.16 bits per heavy atom. The molecule has 3 aliphatic rings. The minimum Gasteiger partial charge on any atom is -0.507 e. The highest BCUT2D eigenvalue weighted by Crippen LogP contribution is 2.65. The van der Waals surface area contributed by atoms with Gasteiger partial charge in [-0.1, -0.05) is 45.9 Å². The van der Waals surface area contributed by atoms with Gasteiger partial charge in [0.15, 0.2) is 0 Å². The molecule has 1 N–H and O–H groups in total. The van der Waals surface area contributed by atoms with Crippen molar-refractivity contribution in [1.82, 2.24) is 0 Å². The highest BCUT2D eigenvalue weighted by Gasteiger charge is 2.53. The summed E-state index contributed by atoms with van der Waals surface area (Å²) in [5.74, 6) is 0.335. The molecule has 1 saturated carbocycles. The van der Waals surface area contributed by atoms with Gasteiger partial charge in [0, 0.05) is 34.5 Å².